The molecule has 0 aliphatic heterocycles. The van der Waals surface area contributed by atoms with Crippen molar-refractivity contribution in [2.75, 3.05) is 7.05 Å². The van der Waals surface area contributed by atoms with Crippen LogP contribution < -0.4 is 0 Å². The van der Waals surface area contributed by atoms with Gasteiger partial charge in [-0.2, -0.15) is 0 Å². The van der Waals surface area contributed by atoms with Gasteiger partial charge in [0.1, 0.15) is 17.5 Å². The van der Waals surface area contributed by atoms with Gasteiger partial charge in [-0.1, -0.05) is 19.1 Å². The Morgan fingerprint density at radius 3 is 2.72 bits per heavy atom. The van der Waals surface area contributed by atoms with Gasteiger partial charge >= 0.3 is 0 Å². The maximum Gasteiger partial charge on any atom is 0.257 e. The Morgan fingerprint density at radius 2 is 1.96 bits per heavy atom. The molecule has 6 heteroatoms. The summed E-state index contributed by atoms with van der Waals surface area (Å²) in [5, 5.41) is 0. The third kappa shape index (κ3) is 3.38. The van der Waals surface area contributed by atoms with E-state index in [2.05, 4.69) is 16.5 Å². The van der Waals surface area contributed by atoms with E-state index >= 15 is 0 Å². The summed E-state index contributed by atoms with van der Waals surface area (Å²) in [4.78, 5) is 18.4. The van der Waals surface area contributed by atoms with Crippen molar-refractivity contribution < 1.29 is 13.6 Å². The Hall–Kier alpha value is -2.76. The van der Waals surface area contributed by atoms with E-state index in [0.29, 0.717) is 0 Å². The normalized spacial score (nSPS) is 11.0. The summed E-state index contributed by atoms with van der Waals surface area (Å²) in [6.07, 6.45) is 0.920. The van der Waals surface area contributed by atoms with Gasteiger partial charge < -0.3 is 9.47 Å². The van der Waals surface area contributed by atoms with E-state index in [4.69, 9.17) is 0 Å². The first-order valence-corrected chi connectivity index (χ1v) is 8.16. The smallest absolute Gasteiger partial charge is 0.257 e. The molecule has 0 saturated carbocycles. The minimum absolute atomic E-state index is 0.212. The van der Waals surface area contributed by atoms with Crippen LogP contribution in [0.1, 0.15) is 29.5 Å². The zero-order chi connectivity index (χ0) is 18.0. The van der Waals surface area contributed by atoms with Gasteiger partial charge in [0.05, 0.1) is 23.1 Å². The Balaban J connectivity index is 1.91. The van der Waals surface area contributed by atoms with Crippen LogP contribution in [0.2, 0.25) is 0 Å². The van der Waals surface area contributed by atoms with Crippen molar-refractivity contribution in [3.8, 4) is 0 Å². The average molecular weight is 343 g/mol. The monoisotopic (exact) mass is 343 g/mol. The fourth-order valence-electron chi connectivity index (χ4n) is 2.87. The zero-order valence-corrected chi connectivity index (χ0v) is 14.2. The number of hydrogen-bond donors (Lipinski definition) is 0. The van der Waals surface area contributed by atoms with Crippen LogP contribution in [0.5, 0.6) is 0 Å². The summed E-state index contributed by atoms with van der Waals surface area (Å²) in [5.74, 6) is -1.24. The molecule has 0 radical (unpaired) electrons. The van der Waals surface area contributed by atoms with Gasteiger partial charge in [-0.3, -0.25) is 4.79 Å². The van der Waals surface area contributed by atoms with E-state index in [0.717, 1.165) is 48.0 Å². The lowest BCUT2D eigenvalue weighted by molar-refractivity contribution is 0.0775. The molecule has 0 bridgehead atoms. The maximum absolute atomic E-state index is 13.9. The summed E-state index contributed by atoms with van der Waals surface area (Å²) >= 11 is 0. The highest BCUT2D eigenvalue weighted by molar-refractivity contribution is 5.94. The fourth-order valence-corrected chi connectivity index (χ4v) is 2.87. The predicted molar refractivity (Wildman–Crippen MR) is 92.2 cm³/mol. The number of carbonyl (C=O) groups excluding carboxylic acids is 1. The molecule has 0 aliphatic carbocycles. The number of para-hydroxylation sites is 2. The molecule has 0 aliphatic rings. The third-order valence-electron chi connectivity index (χ3n) is 4.06. The summed E-state index contributed by atoms with van der Waals surface area (Å²) < 4.78 is 29.3. The first-order chi connectivity index (χ1) is 12.0. The molecule has 3 rings (SSSR count). The van der Waals surface area contributed by atoms with Gasteiger partial charge in [0.15, 0.2) is 0 Å². The van der Waals surface area contributed by atoms with Gasteiger partial charge in [0, 0.05) is 13.6 Å². The number of aryl methyl sites for hydroxylation is 1. The van der Waals surface area contributed by atoms with Crippen LogP contribution >= 0.6 is 0 Å². The second-order valence-corrected chi connectivity index (χ2v) is 5.95. The minimum atomic E-state index is -0.736. The summed E-state index contributed by atoms with van der Waals surface area (Å²) in [6.45, 7) is 3.05. The Kier molecular flexibility index (Phi) is 4.79. The first kappa shape index (κ1) is 17.1. The molecule has 1 heterocycles. The van der Waals surface area contributed by atoms with Gasteiger partial charge in [-0.15, -0.1) is 0 Å². The number of hydrogen-bond acceptors (Lipinski definition) is 2. The molecule has 130 valence electrons. The molecule has 0 fully saturated rings. The van der Waals surface area contributed by atoms with E-state index in [9.17, 15) is 13.6 Å². The average Bonchev–Trinajstić information content (AvgIpc) is 2.94. The molecule has 0 N–H and O–H groups in total. The van der Waals surface area contributed by atoms with Crippen molar-refractivity contribution in [2.24, 2.45) is 0 Å². The largest absolute Gasteiger partial charge is 0.334 e. The molecule has 0 atom stereocenters. The zero-order valence-electron chi connectivity index (χ0n) is 14.2. The number of amides is 1. The first-order valence-electron chi connectivity index (χ1n) is 8.16. The fraction of sp³-hybridized carbons (Fsp3) is 0.263. The number of carbonyl (C=O) groups is 1. The van der Waals surface area contributed by atoms with Crippen molar-refractivity contribution in [2.45, 2.75) is 26.4 Å². The second-order valence-electron chi connectivity index (χ2n) is 5.95. The van der Waals surface area contributed by atoms with Crippen LogP contribution in [-0.2, 0) is 13.1 Å². The molecule has 25 heavy (non-hydrogen) atoms. The molecule has 0 saturated heterocycles. The molecule has 1 amide bonds. The number of benzene rings is 2. The number of nitrogens with zero attached hydrogens (tertiary/aromatic N) is 3. The molecule has 4 nitrogen and oxygen atoms in total. The van der Waals surface area contributed by atoms with E-state index in [1.54, 1.807) is 7.05 Å². The van der Waals surface area contributed by atoms with Crippen molar-refractivity contribution in [3.05, 3.63) is 65.5 Å². The maximum atomic E-state index is 13.9. The highest BCUT2D eigenvalue weighted by Gasteiger charge is 2.20. The molecule has 0 unspecified atom stereocenters. The van der Waals surface area contributed by atoms with Crippen LogP contribution in [-0.4, -0.2) is 27.4 Å². The summed E-state index contributed by atoms with van der Waals surface area (Å²) in [5.41, 5.74) is 1.57. The van der Waals surface area contributed by atoms with Crippen molar-refractivity contribution in [3.63, 3.8) is 0 Å². The number of fused-ring (bicyclic) bond motifs is 1. The molecule has 1 aromatic heterocycles. The SMILES string of the molecule is CCCn1c(CN(C)C(=O)c2cc(F)ccc2F)nc2ccccc21. The third-order valence-corrected chi connectivity index (χ3v) is 4.06. The molecule has 2 aromatic carbocycles. The van der Waals surface area contributed by atoms with Gasteiger partial charge in [0.25, 0.3) is 5.91 Å². The number of imidazole rings is 1. The predicted octanol–water partition coefficient (Wildman–Crippen LogP) is 4.00. The van der Waals surface area contributed by atoms with E-state index in [1.807, 2.05) is 24.3 Å². The molecular weight excluding hydrogens is 324 g/mol. The Bertz CT molecular complexity index is 920. The standard InChI is InChI=1S/C19H19F2N3O/c1-3-10-24-17-7-5-4-6-16(17)22-18(24)12-23(2)19(25)14-11-13(20)8-9-15(14)21/h4-9,11H,3,10,12H2,1-2H3. The molecular formula is C19H19F2N3O. The minimum Gasteiger partial charge on any atom is -0.334 e. The lowest BCUT2D eigenvalue weighted by atomic mass is 10.2. The molecule has 3 aromatic rings. The topological polar surface area (TPSA) is 38.1 Å². The van der Waals surface area contributed by atoms with Crippen LogP contribution in [0.3, 0.4) is 0 Å². The second kappa shape index (κ2) is 7.01. The van der Waals surface area contributed by atoms with E-state index < -0.39 is 17.5 Å². The van der Waals surface area contributed by atoms with Crippen LogP contribution in [0.25, 0.3) is 11.0 Å². The number of halogens is 2. The highest BCUT2D eigenvalue weighted by Crippen LogP contribution is 2.19. The quantitative estimate of drug-likeness (QED) is 0.702. The van der Waals surface area contributed by atoms with Gasteiger partial charge in [0.2, 0.25) is 0 Å². The number of rotatable bonds is 5. The summed E-state index contributed by atoms with van der Waals surface area (Å²) in [7, 11) is 1.56. The summed E-state index contributed by atoms with van der Waals surface area (Å²) in [6, 6.07) is 10.6. The lowest BCUT2D eigenvalue weighted by Crippen LogP contribution is -2.28. The van der Waals surface area contributed by atoms with Crippen LogP contribution in [0.4, 0.5) is 8.78 Å². The van der Waals surface area contributed by atoms with E-state index in [1.165, 1.54) is 4.90 Å². The van der Waals surface area contributed by atoms with Crippen LogP contribution in [0.15, 0.2) is 42.5 Å². The lowest BCUT2D eigenvalue weighted by Gasteiger charge is -2.18. The van der Waals surface area contributed by atoms with E-state index in [-0.39, 0.29) is 12.1 Å². The molecule has 0 spiro atoms. The van der Waals surface area contributed by atoms with Gasteiger partial charge in [-0.05, 0) is 36.8 Å². The Morgan fingerprint density at radius 1 is 1.20 bits per heavy atom. The highest BCUT2D eigenvalue weighted by atomic mass is 19.1. The van der Waals surface area contributed by atoms with Crippen LogP contribution in [0, 0.1) is 11.6 Å². The number of aromatic nitrogens is 2. The van der Waals surface area contributed by atoms with Crippen molar-refractivity contribution in [1.82, 2.24) is 14.5 Å². The van der Waals surface area contributed by atoms with Crippen molar-refractivity contribution >= 4 is 16.9 Å². The Labute approximate surface area is 144 Å². The van der Waals surface area contributed by atoms with Gasteiger partial charge in [-0.25, -0.2) is 13.8 Å². The van der Waals surface area contributed by atoms with Crippen molar-refractivity contribution in [1.29, 1.82) is 0 Å².